The van der Waals surface area contributed by atoms with Crippen LogP contribution in [0.25, 0.3) is 0 Å². The Morgan fingerprint density at radius 2 is 2.25 bits per heavy atom. The lowest BCUT2D eigenvalue weighted by Crippen LogP contribution is -2.29. The van der Waals surface area contributed by atoms with E-state index in [1.165, 1.54) is 17.5 Å². The lowest BCUT2D eigenvalue weighted by atomic mass is 9.95. The van der Waals surface area contributed by atoms with E-state index in [9.17, 15) is 4.79 Å². The molecule has 1 saturated carbocycles. The van der Waals surface area contributed by atoms with Crippen molar-refractivity contribution in [1.82, 2.24) is 9.78 Å². The zero-order valence-corrected chi connectivity index (χ0v) is 13.8. The monoisotopic (exact) mass is 355 g/mol. The molecule has 1 aromatic heterocycles. The van der Waals surface area contributed by atoms with Crippen LogP contribution in [0.1, 0.15) is 25.7 Å². The van der Waals surface area contributed by atoms with Crippen molar-refractivity contribution in [1.29, 1.82) is 0 Å². The Balaban J connectivity index is 2.06. The fraction of sp³-hybridized carbons (Fsp3) is 0.571. The van der Waals surface area contributed by atoms with Crippen LogP contribution in [0.2, 0.25) is 0 Å². The van der Waals surface area contributed by atoms with Gasteiger partial charge in [-0.05, 0) is 47.9 Å². The molecule has 0 bridgehead atoms. The van der Waals surface area contributed by atoms with Gasteiger partial charge in [-0.15, -0.1) is 6.42 Å². The molecular formula is C14H18BrN3OS. The molecule has 1 N–H and O–H groups in total. The lowest BCUT2D eigenvalue weighted by Gasteiger charge is -2.28. The maximum Gasteiger partial charge on any atom is 0.284 e. The minimum atomic E-state index is -0.189. The number of thioether (sulfide) groups is 1. The third kappa shape index (κ3) is 3.58. The highest BCUT2D eigenvalue weighted by atomic mass is 79.9. The molecule has 0 amide bonds. The lowest BCUT2D eigenvalue weighted by molar-refractivity contribution is 0.472. The first kappa shape index (κ1) is 15.5. The van der Waals surface area contributed by atoms with E-state index in [1.54, 1.807) is 6.20 Å². The Morgan fingerprint density at radius 1 is 1.55 bits per heavy atom. The van der Waals surface area contributed by atoms with Crippen LogP contribution in [-0.4, -0.2) is 27.3 Å². The Kier molecular flexibility index (Phi) is 5.55. The van der Waals surface area contributed by atoms with Gasteiger partial charge in [0.25, 0.3) is 5.56 Å². The fourth-order valence-electron chi connectivity index (χ4n) is 2.43. The van der Waals surface area contributed by atoms with Gasteiger partial charge in [-0.3, -0.25) is 4.79 Å². The summed E-state index contributed by atoms with van der Waals surface area (Å²) < 4.78 is 1.79. The first-order chi connectivity index (χ1) is 9.65. The highest BCUT2D eigenvalue weighted by Crippen LogP contribution is 2.29. The van der Waals surface area contributed by atoms with E-state index in [1.807, 2.05) is 11.8 Å². The first-order valence-corrected chi connectivity index (χ1v) is 8.72. The Bertz CT molecular complexity index is 559. The molecule has 2 rings (SSSR count). The van der Waals surface area contributed by atoms with E-state index in [0.29, 0.717) is 10.5 Å². The summed E-state index contributed by atoms with van der Waals surface area (Å²) >= 11 is 5.29. The van der Waals surface area contributed by atoms with Crippen LogP contribution >= 0.6 is 27.7 Å². The van der Waals surface area contributed by atoms with E-state index in [-0.39, 0.29) is 12.1 Å². The van der Waals surface area contributed by atoms with Gasteiger partial charge in [0.2, 0.25) is 0 Å². The van der Waals surface area contributed by atoms with Crippen LogP contribution in [0.4, 0.5) is 5.69 Å². The van der Waals surface area contributed by atoms with Gasteiger partial charge in [0.05, 0.1) is 11.9 Å². The molecule has 0 unspecified atom stereocenters. The number of aromatic nitrogens is 2. The molecule has 20 heavy (non-hydrogen) atoms. The number of hydrogen-bond acceptors (Lipinski definition) is 4. The summed E-state index contributed by atoms with van der Waals surface area (Å²) in [6.45, 7) is 0.191. The van der Waals surface area contributed by atoms with Crippen molar-refractivity contribution >= 4 is 33.4 Å². The number of nitrogens with zero attached hydrogens (tertiary/aromatic N) is 2. The Labute approximate surface area is 131 Å². The molecule has 1 fully saturated rings. The summed E-state index contributed by atoms with van der Waals surface area (Å²) in [5.41, 5.74) is 0.571. The highest BCUT2D eigenvalue weighted by molar-refractivity contribution is 9.10. The summed E-state index contributed by atoms with van der Waals surface area (Å²) in [5.74, 6) is 2.42. The Hall–Kier alpha value is -0.930. The van der Waals surface area contributed by atoms with Crippen LogP contribution in [0.3, 0.4) is 0 Å². The van der Waals surface area contributed by atoms with Gasteiger partial charge in [0.1, 0.15) is 11.0 Å². The second-order valence-electron chi connectivity index (χ2n) is 4.89. The predicted octanol–water partition coefficient (Wildman–Crippen LogP) is 2.73. The number of hydrogen-bond donors (Lipinski definition) is 1. The van der Waals surface area contributed by atoms with Crippen molar-refractivity contribution in [3.63, 3.8) is 0 Å². The van der Waals surface area contributed by atoms with Gasteiger partial charge in [0.15, 0.2) is 0 Å². The Morgan fingerprint density at radius 3 is 2.85 bits per heavy atom. The van der Waals surface area contributed by atoms with Crippen LogP contribution in [0.15, 0.2) is 15.5 Å². The van der Waals surface area contributed by atoms with Crippen molar-refractivity contribution < 1.29 is 0 Å². The van der Waals surface area contributed by atoms with Gasteiger partial charge >= 0.3 is 0 Å². The average Bonchev–Trinajstić information content (AvgIpc) is 2.48. The molecule has 0 atom stereocenters. The van der Waals surface area contributed by atoms with Crippen LogP contribution in [0, 0.1) is 12.3 Å². The van der Waals surface area contributed by atoms with Gasteiger partial charge in [-0.25, -0.2) is 4.68 Å². The standard InChI is InChI=1S/C14H18BrN3OS/c1-3-8-18-14(19)13(15)12(9-16-18)17-10-4-6-11(20-2)7-5-10/h1,9-11,17H,4-8H2,2H3. The molecule has 0 radical (unpaired) electrons. The van der Waals surface area contributed by atoms with Crippen LogP contribution in [0.5, 0.6) is 0 Å². The molecule has 0 saturated heterocycles. The second kappa shape index (κ2) is 7.19. The van der Waals surface area contributed by atoms with E-state index in [2.05, 4.69) is 38.5 Å². The fourth-order valence-corrected chi connectivity index (χ4v) is 3.59. The highest BCUT2D eigenvalue weighted by Gasteiger charge is 2.21. The summed E-state index contributed by atoms with van der Waals surface area (Å²) in [5, 5.41) is 8.29. The van der Waals surface area contributed by atoms with E-state index >= 15 is 0 Å². The minimum absolute atomic E-state index is 0.189. The van der Waals surface area contributed by atoms with Gasteiger partial charge in [0, 0.05) is 11.3 Å². The molecule has 4 nitrogen and oxygen atoms in total. The second-order valence-corrected chi connectivity index (χ2v) is 6.82. The normalized spacial score (nSPS) is 22.2. The van der Waals surface area contributed by atoms with Crippen LogP contribution < -0.4 is 10.9 Å². The average molecular weight is 356 g/mol. The number of halogens is 1. The quantitative estimate of drug-likeness (QED) is 0.843. The van der Waals surface area contributed by atoms with Crippen molar-refractivity contribution in [2.75, 3.05) is 11.6 Å². The van der Waals surface area contributed by atoms with Crippen LogP contribution in [-0.2, 0) is 6.54 Å². The smallest absolute Gasteiger partial charge is 0.284 e. The first-order valence-electron chi connectivity index (χ1n) is 6.64. The molecule has 0 aliphatic heterocycles. The third-order valence-electron chi connectivity index (χ3n) is 3.59. The zero-order chi connectivity index (χ0) is 14.5. The summed E-state index contributed by atoms with van der Waals surface area (Å²) in [4.78, 5) is 12.0. The van der Waals surface area contributed by atoms with E-state index in [0.717, 1.165) is 23.8 Å². The van der Waals surface area contributed by atoms with Gasteiger partial charge in [-0.1, -0.05) is 5.92 Å². The molecule has 1 aliphatic carbocycles. The SMILES string of the molecule is C#CCn1ncc(NC2CCC(SC)CC2)c(Br)c1=O. The topological polar surface area (TPSA) is 46.9 Å². The minimum Gasteiger partial charge on any atom is -0.380 e. The number of terminal acetylenes is 1. The van der Waals surface area contributed by atoms with Crippen molar-refractivity contribution in [3.8, 4) is 12.3 Å². The molecule has 1 aromatic rings. The number of anilines is 1. The molecule has 1 aliphatic rings. The molecule has 0 spiro atoms. The maximum atomic E-state index is 12.0. The molecule has 6 heteroatoms. The summed E-state index contributed by atoms with van der Waals surface area (Å²) in [6.07, 6.45) is 13.8. The summed E-state index contributed by atoms with van der Waals surface area (Å²) in [7, 11) is 0. The van der Waals surface area contributed by atoms with Crippen molar-refractivity contribution in [3.05, 3.63) is 21.0 Å². The maximum absolute atomic E-state index is 12.0. The third-order valence-corrected chi connectivity index (χ3v) is 5.50. The molecule has 0 aromatic carbocycles. The number of rotatable bonds is 4. The molecule has 1 heterocycles. The molecular weight excluding hydrogens is 338 g/mol. The van der Waals surface area contributed by atoms with Gasteiger partial charge in [-0.2, -0.15) is 16.9 Å². The van der Waals surface area contributed by atoms with Crippen molar-refractivity contribution in [2.45, 2.75) is 43.5 Å². The summed E-state index contributed by atoms with van der Waals surface area (Å²) in [6, 6.07) is 0.416. The zero-order valence-electron chi connectivity index (χ0n) is 11.4. The molecule has 108 valence electrons. The van der Waals surface area contributed by atoms with Gasteiger partial charge < -0.3 is 5.32 Å². The van der Waals surface area contributed by atoms with Crippen molar-refractivity contribution in [2.24, 2.45) is 0 Å². The largest absolute Gasteiger partial charge is 0.380 e. The number of nitrogens with one attached hydrogen (secondary N) is 1. The van der Waals surface area contributed by atoms with E-state index < -0.39 is 0 Å². The predicted molar refractivity (Wildman–Crippen MR) is 88.2 cm³/mol. The van der Waals surface area contributed by atoms with E-state index in [4.69, 9.17) is 6.42 Å².